The number of hydrogen-bond acceptors (Lipinski definition) is 3. The van der Waals surface area contributed by atoms with Crippen molar-refractivity contribution in [1.82, 2.24) is 19.1 Å². The van der Waals surface area contributed by atoms with E-state index in [4.69, 9.17) is 0 Å². The molecule has 0 N–H and O–H groups in total. The SMILES string of the molecule is Cc1cn(C(=O)n2ccnc2)cn1. The lowest BCUT2D eigenvalue weighted by Crippen LogP contribution is -2.15. The second-order valence-corrected chi connectivity index (χ2v) is 2.67. The van der Waals surface area contributed by atoms with Crippen LogP contribution in [0.15, 0.2) is 31.2 Å². The Kier molecular flexibility index (Phi) is 1.70. The molecular formula is C8H8N4O. The van der Waals surface area contributed by atoms with E-state index in [0.29, 0.717) is 0 Å². The second kappa shape index (κ2) is 2.85. The van der Waals surface area contributed by atoms with E-state index in [0.717, 1.165) is 5.69 Å². The standard InChI is InChI=1S/C8H8N4O/c1-7-4-12(6-10-7)8(13)11-3-2-9-5-11/h2-6H,1H3. The monoisotopic (exact) mass is 176 g/mol. The summed E-state index contributed by atoms with van der Waals surface area (Å²) in [5.41, 5.74) is 0.813. The number of carbonyl (C=O) groups is 1. The minimum absolute atomic E-state index is 0.182. The van der Waals surface area contributed by atoms with E-state index in [2.05, 4.69) is 9.97 Å². The van der Waals surface area contributed by atoms with Crippen molar-refractivity contribution in [2.45, 2.75) is 6.92 Å². The highest BCUT2D eigenvalue weighted by atomic mass is 16.2. The molecule has 0 aliphatic rings. The molecule has 5 nitrogen and oxygen atoms in total. The van der Waals surface area contributed by atoms with Crippen LogP contribution in [0.1, 0.15) is 5.69 Å². The van der Waals surface area contributed by atoms with Crippen molar-refractivity contribution in [3.63, 3.8) is 0 Å². The summed E-state index contributed by atoms with van der Waals surface area (Å²) < 4.78 is 2.80. The normalized spacial score (nSPS) is 10.2. The van der Waals surface area contributed by atoms with Gasteiger partial charge < -0.3 is 0 Å². The Bertz CT molecular complexity index is 415. The zero-order valence-electron chi connectivity index (χ0n) is 7.08. The first kappa shape index (κ1) is 7.72. The quantitative estimate of drug-likeness (QED) is 0.599. The summed E-state index contributed by atoms with van der Waals surface area (Å²) in [5.74, 6) is 0. The molecule has 5 heteroatoms. The molecule has 0 fully saturated rings. The molecule has 0 aliphatic carbocycles. The van der Waals surface area contributed by atoms with E-state index in [1.807, 2.05) is 6.92 Å². The van der Waals surface area contributed by atoms with E-state index in [-0.39, 0.29) is 6.03 Å². The number of aromatic nitrogens is 4. The molecule has 0 radical (unpaired) electrons. The highest BCUT2D eigenvalue weighted by Crippen LogP contribution is 1.96. The summed E-state index contributed by atoms with van der Waals surface area (Å²) in [4.78, 5) is 19.3. The largest absolute Gasteiger partial charge is 0.338 e. The van der Waals surface area contributed by atoms with Crippen molar-refractivity contribution >= 4 is 6.03 Å². The van der Waals surface area contributed by atoms with Gasteiger partial charge in [0.05, 0.1) is 5.69 Å². The van der Waals surface area contributed by atoms with Gasteiger partial charge in [0.1, 0.15) is 12.7 Å². The first-order valence-electron chi connectivity index (χ1n) is 3.80. The summed E-state index contributed by atoms with van der Waals surface area (Å²) >= 11 is 0. The molecule has 0 atom stereocenters. The molecular weight excluding hydrogens is 168 g/mol. The van der Waals surface area contributed by atoms with E-state index < -0.39 is 0 Å². The van der Waals surface area contributed by atoms with Crippen LogP contribution in [0.2, 0.25) is 0 Å². The average Bonchev–Trinajstić information content (AvgIpc) is 2.72. The maximum atomic E-state index is 11.6. The minimum atomic E-state index is -0.182. The van der Waals surface area contributed by atoms with Gasteiger partial charge in [-0.25, -0.2) is 14.8 Å². The highest BCUT2D eigenvalue weighted by Gasteiger charge is 2.05. The number of nitrogens with zero attached hydrogens (tertiary/aromatic N) is 4. The van der Waals surface area contributed by atoms with Gasteiger partial charge in [0.25, 0.3) is 0 Å². The third-order valence-corrected chi connectivity index (χ3v) is 1.66. The summed E-state index contributed by atoms with van der Waals surface area (Å²) in [6.45, 7) is 1.83. The Hall–Kier alpha value is -1.91. The van der Waals surface area contributed by atoms with E-state index in [1.54, 1.807) is 18.6 Å². The predicted octanol–water partition coefficient (Wildman–Crippen LogP) is 0.904. The zero-order chi connectivity index (χ0) is 9.26. The van der Waals surface area contributed by atoms with Gasteiger partial charge in [-0.2, -0.15) is 0 Å². The Morgan fingerprint density at radius 1 is 1.38 bits per heavy atom. The van der Waals surface area contributed by atoms with E-state index in [1.165, 1.54) is 21.8 Å². The van der Waals surface area contributed by atoms with Crippen LogP contribution in [0.3, 0.4) is 0 Å². The zero-order valence-corrected chi connectivity index (χ0v) is 7.08. The number of hydrogen-bond donors (Lipinski definition) is 0. The molecule has 0 saturated heterocycles. The second-order valence-electron chi connectivity index (χ2n) is 2.67. The Morgan fingerprint density at radius 2 is 2.23 bits per heavy atom. The number of carbonyl (C=O) groups excluding carboxylic acids is 1. The van der Waals surface area contributed by atoms with Gasteiger partial charge >= 0.3 is 6.03 Å². The van der Waals surface area contributed by atoms with Gasteiger partial charge in [-0.3, -0.25) is 9.13 Å². The Morgan fingerprint density at radius 3 is 2.77 bits per heavy atom. The molecule has 0 bridgehead atoms. The summed E-state index contributed by atoms with van der Waals surface area (Å²) in [7, 11) is 0. The molecule has 0 spiro atoms. The fourth-order valence-electron chi connectivity index (χ4n) is 1.03. The minimum Gasteiger partial charge on any atom is -0.257 e. The molecule has 2 rings (SSSR count). The summed E-state index contributed by atoms with van der Waals surface area (Å²) in [6, 6.07) is -0.182. The predicted molar refractivity (Wildman–Crippen MR) is 45.4 cm³/mol. The van der Waals surface area contributed by atoms with Crippen molar-refractivity contribution in [3.05, 3.63) is 36.9 Å². The van der Waals surface area contributed by atoms with E-state index >= 15 is 0 Å². The third-order valence-electron chi connectivity index (χ3n) is 1.66. The van der Waals surface area contributed by atoms with Crippen LogP contribution in [-0.2, 0) is 0 Å². The van der Waals surface area contributed by atoms with Crippen LogP contribution in [-0.4, -0.2) is 25.1 Å². The average molecular weight is 176 g/mol. The number of rotatable bonds is 0. The Balaban J connectivity index is 2.33. The van der Waals surface area contributed by atoms with Crippen molar-refractivity contribution in [2.24, 2.45) is 0 Å². The molecule has 2 aromatic rings. The van der Waals surface area contributed by atoms with Crippen molar-refractivity contribution in [3.8, 4) is 0 Å². The fourth-order valence-corrected chi connectivity index (χ4v) is 1.03. The lowest BCUT2D eigenvalue weighted by molar-refractivity contribution is 0.244. The Labute approximate surface area is 74.7 Å². The molecule has 0 aliphatic heterocycles. The lowest BCUT2D eigenvalue weighted by Gasteiger charge is -1.98. The van der Waals surface area contributed by atoms with Crippen molar-refractivity contribution < 1.29 is 4.79 Å². The van der Waals surface area contributed by atoms with Crippen LogP contribution in [0, 0.1) is 6.92 Å². The maximum Gasteiger partial charge on any atom is 0.338 e. The molecule has 66 valence electrons. The van der Waals surface area contributed by atoms with Gasteiger partial charge in [-0.15, -0.1) is 0 Å². The van der Waals surface area contributed by atoms with Gasteiger partial charge in [0.15, 0.2) is 0 Å². The van der Waals surface area contributed by atoms with Gasteiger partial charge in [-0.1, -0.05) is 0 Å². The lowest BCUT2D eigenvalue weighted by atomic mass is 10.6. The molecule has 0 unspecified atom stereocenters. The van der Waals surface area contributed by atoms with Crippen LogP contribution < -0.4 is 0 Å². The molecule has 2 heterocycles. The summed E-state index contributed by atoms with van der Waals surface area (Å²) in [6.07, 6.45) is 7.76. The number of aryl methyl sites for hydroxylation is 1. The molecule has 0 aromatic carbocycles. The topological polar surface area (TPSA) is 52.7 Å². The van der Waals surface area contributed by atoms with Gasteiger partial charge in [0, 0.05) is 18.6 Å². The molecule has 13 heavy (non-hydrogen) atoms. The molecule has 0 amide bonds. The first-order valence-corrected chi connectivity index (χ1v) is 3.80. The van der Waals surface area contributed by atoms with Crippen LogP contribution in [0.25, 0.3) is 0 Å². The fraction of sp³-hybridized carbons (Fsp3) is 0.125. The van der Waals surface area contributed by atoms with Crippen LogP contribution in [0.5, 0.6) is 0 Å². The van der Waals surface area contributed by atoms with Crippen molar-refractivity contribution in [1.29, 1.82) is 0 Å². The maximum absolute atomic E-state index is 11.6. The summed E-state index contributed by atoms with van der Waals surface area (Å²) in [5, 5.41) is 0. The van der Waals surface area contributed by atoms with Gasteiger partial charge in [0.2, 0.25) is 0 Å². The third kappa shape index (κ3) is 1.35. The molecule has 2 aromatic heterocycles. The van der Waals surface area contributed by atoms with Crippen molar-refractivity contribution in [2.75, 3.05) is 0 Å². The molecule has 0 saturated carbocycles. The smallest absolute Gasteiger partial charge is 0.257 e. The van der Waals surface area contributed by atoms with Gasteiger partial charge in [-0.05, 0) is 6.92 Å². The highest BCUT2D eigenvalue weighted by molar-refractivity contribution is 5.78. The first-order chi connectivity index (χ1) is 6.27. The number of imidazole rings is 2. The van der Waals surface area contributed by atoms with Crippen LogP contribution >= 0.6 is 0 Å². The van der Waals surface area contributed by atoms with E-state index in [9.17, 15) is 4.79 Å². The van der Waals surface area contributed by atoms with Crippen LogP contribution in [0.4, 0.5) is 4.79 Å².